The number of carbonyl (C=O) groups excluding carboxylic acids is 2. The Bertz CT molecular complexity index is 440. The number of fused-ring (bicyclic) bond motifs is 1. The molecule has 2 rings (SSSR count). The van der Waals surface area contributed by atoms with E-state index < -0.39 is 5.97 Å². The normalized spacial score (nSPS) is 15.0. The summed E-state index contributed by atoms with van der Waals surface area (Å²) >= 11 is 11.5. The summed E-state index contributed by atoms with van der Waals surface area (Å²) in [6.07, 6.45) is -0.260. The molecule has 0 amide bonds. The van der Waals surface area contributed by atoms with E-state index in [1.165, 1.54) is 12.1 Å². The van der Waals surface area contributed by atoms with Crippen LogP contribution in [-0.2, 0) is 4.79 Å². The minimum Gasteiger partial charge on any atom is -0.424 e. The van der Waals surface area contributed by atoms with Crippen molar-refractivity contribution in [2.45, 2.75) is 6.42 Å². The molecule has 0 aromatic heterocycles. The van der Waals surface area contributed by atoms with Gasteiger partial charge < -0.3 is 4.74 Å². The minimum atomic E-state index is -0.591. The van der Waals surface area contributed by atoms with Gasteiger partial charge in [-0.3, -0.25) is 9.59 Å². The molecule has 0 bridgehead atoms. The molecule has 1 aliphatic rings. The van der Waals surface area contributed by atoms with Crippen molar-refractivity contribution >= 4 is 35.0 Å². The van der Waals surface area contributed by atoms with Crippen LogP contribution in [0.1, 0.15) is 16.8 Å². The van der Waals surface area contributed by atoms with Gasteiger partial charge in [0.1, 0.15) is 6.42 Å². The molecule has 0 spiro atoms. The van der Waals surface area contributed by atoms with Crippen molar-refractivity contribution < 1.29 is 14.3 Å². The van der Waals surface area contributed by atoms with Gasteiger partial charge in [-0.2, -0.15) is 0 Å². The van der Waals surface area contributed by atoms with E-state index in [1.807, 2.05) is 0 Å². The summed E-state index contributed by atoms with van der Waals surface area (Å²) in [6, 6.07) is 2.87. The van der Waals surface area contributed by atoms with E-state index >= 15 is 0 Å². The molecule has 0 saturated carbocycles. The van der Waals surface area contributed by atoms with Crippen molar-refractivity contribution in [3.8, 4) is 5.75 Å². The van der Waals surface area contributed by atoms with Gasteiger partial charge in [0, 0.05) is 5.02 Å². The van der Waals surface area contributed by atoms with E-state index in [1.54, 1.807) is 0 Å². The lowest BCUT2D eigenvalue weighted by atomic mass is 10.1. The topological polar surface area (TPSA) is 43.4 Å². The van der Waals surface area contributed by atoms with E-state index in [0.717, 1.165) is 0 Å². The Morgan fingerprint density at radius 1 is 1.21 bits per heavy atom. The van der Waals surface area contributed by atoms with Crippen molar-refractivity contribution in [3.63, 3.8) is 0 Å². The number of ether oxygens (including phenoxy) is 1. The van der Waals surface area contributed by atoms with Crippen molar-refractivity contribution in [2.75, 3.05) is 0 Å². The Labute approximate surface area is 89.6 Å². The molecule has 1 aromatic rings. The molecular weight excluding hydrogens is 227 g/mol. The predicted molar refractivity (Wildman–Crippen MR) is 51.0 cm³/mol. The number of Topliss-reactive ketones (excluding diaryl/α,β-unsaturated/α-hetero) is 1. The van der Waals surface area contributed by atoms with Gasteiger partial charge >= 0.3 is 5.97 Å². The highest BCUT2D eigenvalue weighted by Crippen LogP contribution is 2.35. The first kappa shape index (κ1) is 9.49. The van der Waals surface area contributed by atoms with E-state index in [-0.39, 0.29) is 28.5 Å². The lowest BCUT2D eigenvalue weighted by Gasteiger charge is -2.15. The Kier molecular flexibility index (Phi) is 2.21. The molecule has 0 N–H and O–H groups in total. The van der Waals surface area contributed by atoms with Gasteiger partial charge in [-0.1, -0.05) is 23.2 Å². The molecule has 72 valence electrons. The van der Waals surface area contributed by atoms with Gasteiger partial charge in [0.25, 0.3) is 0 Å². The van der Waals surface area contributed by atoms with Crippen LogP contribution >= 0.6 is 23.2 Å². The van der Waals surface area contributed by atoms with E-state index in [9.17, 15) is 9.59 Å². The lowest BCUT2D eigenvalue weighted by Crippen LogP contribution is -2.21. The first-order valence-corrected chi connectivity index (χ1v) is 4.56. The number of benzene rings is 1. The number of hydrogen-bond donors (Lipinski definition) is 0. The smallest absolute Gasteiger partial charge is 0.319 e. The van der Waals surface area contributed by atoms with Crippen molar-refractivity contribution in [1.82, 2.24) is 0 Å². The second-order valence-electron chi connectivity index (χ2n) is 2.84. The first-order chi connectivity index (χ1) is 6.58. The minimum absolute atomic E-state index is 0.109. The summed E-state index contributed by atoms with van der Waals surface area (Å²) in [4.78, 5) is 22.3. The summed E-state index contributed by atoms with van der Waals surface area (Å²) in [5.41, 5.74) is 0.266. The third-order valence-electron chi connectivity index (χ3n) is 1.83. The maximum absolute atomic E-state index is 11.4. The van der Waals surface area contributed by atoms with Gasteiger partial charge in [-0.15, -0.1) is 0 Å². The van der Waals surface area contributed by atoms with E-state index in [2.05, 4.69) is 0 Å². The van der Waals surface area contributed by atoms with Crippen molar-refractivity contribution in [3.05, 3.63) is 27.7 Å². The Morgan fingerprint density at radius 2 is 1.93 bits per heavy atom. The molecule has 0 radical (unpaired) electrons. The monoisotopic (exact) mass is 230 g/mol. The van der Waals surface area contributed by atoms with Crippen LogP contribution in [0.25, 0.3) is 0 Å². The third kappa shape index (κ3) is 1.49. The largest absolute Gasteiger partial charge is 0.424 e. The quantitative estimate of drug-likeness (QED) is 0.391. The maximum Gasteiger partial charge on any atom is 0.319 e. The fourth-order valence-electron chi connectivity index (χ4n) is 1.25. The second kappa shape index (κ2) is 3.26. The van der Waals surface area contributed by atoms with E-state index in [0.29, 0.717) is 5.02 Å². The molecule has 0 atom stereocenters. The van der Waals surface area contributed by atoms with Gasteiger partial charge in [-0.05, 0) is 12.1 Å². The maximum atomic E-state index is 11.4. The molecule has 1 heterocycles. The molecule has 14 heavy (non-hydrogen) atoms. The number of ketones is 1. The van der Waals surface area contributed by atoms with Gasteiger partial charge in [0.2, 0.25) is 0 Å². The molecule has 0 aliphatic carbocycles. The Balaban J connectivity index is 2.64. The van der Waals surface area contributed by atoms with Gasteiger partial charge in [0.05, 0.1) is 10.6 Å². The van der Waals surface area contributed by atoms with E-state index in [4.69, 9.17) is 27.9 Å². The Hall–Kier alpha value is -1.06. The van der Waals surface area contributed by atoms with Crippen LogP contribution in [0.5, 0.6) is 5.75 Å². The van der Waals surface area contributed by atoms with Crippen LogP contribution in [0.3, 0.4) is 0 Å². The fourth-order valence-corrected chi connectivity index (χ4v) is 1.78. The van der Waals surface area contributed by atoms with Crippen molar-refractivity contribution in [1.29, 1.82) is 0 Å². The fraction of sp³-hybridized carbons (Fsp3) is 0.111. The number of carbonyl (C=O) groups is 2. The molecule has 0 fully saturated rings. The zero-order valence-electron chi connectivity index (χ0n) is 6.84. The predicted octanol–water partition coefficient (Wildman–Crippen LogP) is 2.49. The number of esters is 1. The highest BCUT2D eigenvalue weighted by molar-refractivity contribution is 6.37. The Morgan fingerprint density at radius 3 is 2.64 bits per heavy atom. The summed E-state index contributed by atoms with van der Waals surface area (Å²) in [5.74, 6) is -0.801. The third-order valence-corrected chi connectivity index (χ3v) is 2.33. The SMILES string of the molecule is O=C1CC(=O)c2cc(Cl)cc(Cl)c2O1. The zero-order valence-corrected chi connectivity index (χ0v) is 8.35. The van der Waals surface area contributed by atoms with Crippen LogP contribution in [0.4, 0.5) is 0 Å². The van der Waals surface area contributed by atoms with Gasteiger partial charge in [-0.25, -0.2) is 0 Å². The molecule has 3 nitrogen and oxygen atoms in total. The number of halogens is 2. The molecule has 1 aromatic carbocycles. The first-order valence-electron chi connectivity index (χ1n) is 3.81. The summed E-state index contributed by atoms with van der Waals surface area (Å²) in [7, 11) is 0. The number of hydrogen-bond acceptors (Lipinski definition) is 3. The van der Waals surface area contributed by atoms with Crippen LogP contribution in [0, 0.1) is 0 Å². The lowest BCUT2D eigenvalue weighted by molar-refractivity contribution is -0.133. The molecule has 1 aliphatic heterocycles. The molecular formula is C9H4Cl2O3. The second-order valence-corrected chi connectivity index (χ2v) is 3.68. The highest BCUT2D eigenvalue weighted by Gasteiger charge is 2.27. The van der Waals surface area contributed by atoms with Crippen LogP contribution in [0.2, 0.25) is 10.0 Å². The summed E-state index contributed by atoms with van der Waals surface area (Å²) < 4.78 is 4.84. The highest BCUT2D eigenvalue weighted by atomic mass is 35.5. The average Bonchev–Trinajstić information content (AvgIpc) is 2.07. The van der Waals surface area contributed by atoms with Crippen molar-refractivity contribution in [2.24, 2.45) is 0 Å². The molecule has 0 unspecified atom stereocenters. The molecule has 0 saturated heterocycles. The number of rotatable bonds is 0. The molecule has 5 heteroatoms. The van der Waals surface area contributed by atoms with Gasteiger partial charge in [0.15, 0.2) is 11.5 Å². The standard InChI is InChI=1S/C9H4Cl2O3/c10-4-1-5-7(12)3-8(13)14-9(5)6(11)2-4/h1-2H,3H2. The summed E-state index contributed by atoms with van der Waals surface area (Å²) in [6.45, 7) is 0. The zero-order chi connectivity index (χ0) is 10.3. The van der Waals surface area contributed by atoms with Crippen LogP contribution < -0.4 is 4.74 Å². The van der Waals surface area contributed by atoms with Crippen LogP contribution in [0.15, 0.2) is 12.1 Å². The summed E-state index contributed by atoms with van der Waals surface area (Å²) in [5, 5.41) is 0.522. The van der Waals surface area contributed by atoms with Crippen LogP contribution in [-0.4, -0.2) is 11.8 Å². The average molecular weight is 231 g/mol.